The number of sulfone groups is 1. The summed E-state index contributed by atoms with van der Waals surface area (Å²) in [6.07, 6.45) is 7.54. The highest BCUT2D eigenvalue weighted by atomic mass is 32.2. The van der Waals surface area contributed by atoms with Crippen LogP contribution in [0.3, 0.4) is 0 Å². The SMILES string of the molecule is CS(=O)(=O)c1ccc(C(CC2CCCC2)C(=O)Nc2ccccn2)cc1F. The van der Waals surface area contributed by atoms with Gasteiger partial charge in [0.05, 0.1) is 5.92 Å². The fraction of sp³-hybridized carbons (Fsp3) is 0.400. The minimum Gasteiger partial charge on any atom is -0.310 e. The highest BCUT2D eigenvalue weighted by molar-refractivity contribution is 7.90. The first-order valence-corrected chi connectivity index (χ1v) is 10.9. The van der Waals surface area contributed by atoms with Crippen LogP contribution in [0.5, 0.6) is 0 Å². The van der Waals surface area contributed by atoms with Crippen molar-refractivity contribution in [3.63, 3.8) is 0 Å². The van der Waals surface area contributed by atoms with Crippen LogP contribution in [0.2, 0.25) is 0 Å². The largest absolute Gasteiger partial charge is 0.310 e. The Morgan fingerprint density at radius 1 is 1.26 bits per heavy atom. The maximum atomic E-state index is 14.4. The van der Waals surface area contributed by atoms with Crippen molar-refractivity contribution in [1.82, 2.24) is 4.98 Å². The highest BCUT2D eigenvalue weighted by Gasteiger charge is 2.28. The molecule has 1 fully saturated rings. The molecular weight excluding hydrogens is 367 g/mol. The number of hydrogen-bond acceptors (Lipinski definition) is 4. The molecule has 1 N–H and O–H groups in total. The van der Waals surface area contributed by atoms with Gasteiger partial charge in [0.2, 0.25) is 5.91 Å². The number of carbonyl (C=O) groups excluding carboxylic acids is 1. The second-order valence-electron chi connectivity index (χ2n) is 7.11. The fourth-order valence-corrected chi connectivity index (χ4v) is 4.39. The van der Waals surface area contributed by atoms with Crippen LogP contribution < -0.4 is 5.32 Å². The van der Waals surface area contributed by atoms with Crippen LogP contribution in [-0.2, 0) is 14.6 Å². The van der Waals surface area contributed by atoms with Gasteiger partial charge in [-0.1, -0.05) is 37.8 Å². The topological polar surface area (TPSA) is 76.1 Å². The molecule has 0 aliphatic heterocycles. The Labute approximate surface area is 158 Å². The minimum absolute atomic E-state index is 0.257. The van der Waals surface area contributed by atoms with Gasteiger partial charge in [-0.3, -0.25) is 4.79 Å². The number of halogens is 1. The van der Waals surface area contributed by atoms with Gasteiger partial charge >= 0.3 is 0 Å². The summed E-state index contributed by atoms with van der Waals surface area (Å²) in [4.78, 5) is 16.7. The Bertz CT molecular complexity index is 910. The van der Waals surface area contributed by atoms with Crippen LogP contribution in [-0.4, -0.2) is 25.6 Å². The molecule has 1 aliphatic rings. The summed E-state index contributed by atoms with van der Waals surface area (Å²) in [7, 11) is -3.65. The third-order valence-corrected chi connectivity index (χ3v) is 6.16. The van der Waals surface area contributed by atoms with Crippen molar-refractivity contribution in [1.29, 1.82) is 0 Å². The zero-order valence-electron chi connectivity index (χ0n) is 15.2. The molecule has 1 heterocycles. The van der Waals surface area contributed by atoms with E-state index in [0.29, 0.717) is 23.7 Å². The van der Waals surface area contributed by atoms with E-state index in [0.717, 1.165) is 31.9 Å². The van der Waals surface area contributed by atoms with Gasteiger partial charge in [0.25, 0.3) is 0 Å². The van der Waals surface area contributed by atoms with Crippen LogP contribution in [0.1, 0.15) is 43.6 Å². The summed E-state index contributed by atoms with van der Waals surface area (Å²) < 4.78 is 37.7. The Morgan fingerprint density at radius 2 is 2.00 bits per heavy atom. The van der Waals surface area contributed by atoms with Gasteiger partial charge in [0, 0.05) is 12.5 Å². The maximum Gasteiger partial charge on any atom is 0.233 e. The quantitative estimate of drug-likeness (QED) is 0.811. The molecule has 0 saturated heterocycles. The van der Waals surface area contributed by atoms with Crippen LogP contribution in [0.4, 0.5) is 10.2 Å². The molecule has 27 heavy (non-hydrogen) atoms. The number of nitrogens with one attached hydrogen (secondary N) is 1. The summed E-state index contributed by atoms with van der Waals surface area (Å²) in [5.41, 5.74) is 0.486. The number of rotatable bonds is 6. The van der Waals surface area contributed by atoms with E-state index >= 15 is 0 Å². The molecule has 5 nitrogen and oxygen atoms in total. The number of pyridine rings is 1. The van der Waals surface area contributed by atoms with E-state index in [1.807, 2.05) is 0 Å². The summed E-state index contributed by atoms with van der Waals surface area (Å²) in [5, 5.41) is 2.79. The van der Waals surface area contributed by atoms with Gasteiger partial charge in [-0.15, -0.1) is 0 Å². The first-order valence-electron chi connectivity index (χ1n) is 9.06. The van der Waals surface area contributed by atoms with Crippen molar-refractivity contribution in [2.24, 2.45) is 5.92 Å². The molecule has 1 aromatic carbocycles. The first kappa shape index (κ1) is 19.5. The minimum atomic E-state index is -3.65. The van der Waals surface area contributed by atoms with E-state index in [1.54, 1.807) is 24.4 Å². The second kappa shape index (κ2) is 8.17. The van der Waals surface area contributed by atoms with Crippen LogP contribution in [0.25, 0.3) is 0 Å². The van der Waals surface area contributed by atoms with E-state index in [9.17, 15) is 17.6 Å². The molecule has 1 unspecified atom stereocenters. The number of amides is 1. The lowest BCUT2D eigenvalue weighted by Crippen LogP contribution is -2.24. The molecular formula is C20H23FN2O3S. The first-order chi connectivity index (χ1) is 12.8. The van der Waals surface area contributed by atoms with Gasteiger partial charge in [0.15, 0.2) is 9.84 Å². The monoisotopic (exact) mass is 390 g/mol. The predicted molar refractivity (Wildman–Crippen MR) is 102 cm³/mol. The van der Waals surface area contributed by atoms with Crippen molar-refractivity contribution >= 4 is 21.6 Å². The average Bonchev–Trinajstić information content (AvgIpc) is 3.12. The van der Waals surface area contributed by atoms with E-state index in [2.05, 4.69) is 10.3 Å². The Kier molecular flexibility index (Phi) is 5.89. The number of nitrogens with zero attached hydrogens (tertiary/aromatic N) is 1. The lowest BCUT2D eigenvalue weighted by atomic mass is 9.87. The van der Waals surface area contributed by atoms with Crippen molar-refractivity contribution < 1.29 is 17.6 Å². The van der Waals surface area contributed by atoms with E-state index in [4.69, 9.17) is 0 Å². The molecule has 7 heteroatoms. The summed E-state index contributed by atoms with van der Waals surface area (Å²) in [5.74, 6) is -0.795. The zero-order valence-corrected chi connectivity index (χ0v) is 16.0. The zero-order chi connectivity index (χ0) is 19.4. The van der Waals surface area contributed by atoms with Crippen molar-refractivity contribution in [2.75, 3.05) is 11.6 Å². The normalized spacial score (nSPS) is 16.2. The highest BCUT2D eigenvalue weighted by Crippen LogP contribution is 2.35. The third kappa shape index (κ3) is 4.91. The molecule has 1 atom stereocenters. The van der Waals surface area contributed by atoms with E-state index in [-0.39, 0.29) is 10.8 Å². The molecule has 3 rings (SSSR count). The molecule has 1 saturated carbocycles. The van der Waals surface area contributed by atoms with Gasteiger partial charge in [-0.2, -0.15) is 0 Å². The lowest BCUT2D eigenvalue weighted by Gasteiger charge is -2.21. The standard InChI is InChI=1S/C20H23FN2O3S/c1-27(25,26)18-10-9-15(13-17(18)21)16(12-14-6-2-3-7-14)20(24)23-19-8-4-5-11-22-19/h4-5,8-11,13-14,16H,2-3,6-7,12H2,1H3,(H,22,23,24). The second-order valence-corrected chi connectivity index (χ2v) is 9.09. The molecule has 2 aromatic rings. The smallest absolute Gasteiger partial charge is 0.233 e. The molecule has 0 bridgehead atoms. The van der Waals surface area contributed by atoms with Gasteiger partial charge in [-0.05, 0) is 42.2 Å². The molecule has 144 valence electrons. The number of aromatic nitrogens is 1. The number of carbonyl (C=O) groups is 1. The molecule has 1 aliphatic carbocycles. The molecule has 0 radical (unpaired) electrons. The van der Waals surface area contributed by atoms with Crippen LogP contribution >= 0.6 is 0 Å². The van der Waals surface area contributed by atoms with Gasteiger partial charge in [-0.25, -0.2) is 17.8 Å². The summed E-state index contributed by atoms with van der Waals surface area (Å²) in [6, 6.07) is 9.18. The van der Waals surface area contributed by atoms with E-state index in [1.165, 1.54) is 18.2 Å². The van der Waals surface area contributed by atoms with Crippen molar-refractivity contribution in [3.8, 4) is 0 Å². The number of anilines is 1. The van der Waals surface area contributed by atoms with Crippen molar-refractivity contribution in [3.05, 3.63) is 54.0 Å². The molecule has 1 aromatic heterocycles. The number of hydrogen-bond donors (Lipinski definition) is 1. The lowest BCUT2D eigenvalue weighted by molar-refractivity contribution is -0.118. The van der Waals surface area contributed by atoms with Crippen LogP contribution in [0, 0.1) is 11.7 Å². The van der Waals surface area contributed by atoms with Crippen molar-refractivity contribution in [2.45, 2.75) is 42.9 Å². The molecule has 0 spiro atoms. The van der Waals surface area contributed by atoms with E-state index < -0.39 is 21.6 Å². The predicted octanol–water partition coefficient (Wildman–Crippen LogP) is 3.93. The van der Waals surface area contributed by atoms with Gasteiger partial charge < -0.3 is 5.32 Å². The van der Waals surface area contributed by atoms with Gasteiger partial charge in [0.1, 0.15) is 16.5 Å². The fourth-order valence-electron chi connectivity index (χ4n) is 3.66. The average molecular weight is 390 g/mol. The Balaban J connectivity index is 1.89. The Morgan fingerprint density at radius 3 is 2.59 bits per heavy atom. The maximum absolute atomic E-state index is 14.4. The summed E-state index contributed by atoms with van der Waals surface area (Å²) in [6.45, 7) is 0. The number of benzene rings is 1. The summed E-state index contributed by atoms with van der Waals surface area (Å²) >= 11 is 0. The van der Waals surface area contributed by atoms with Crippen LogP contribution in [0.15, 0.2) is 47.5 Å². The Hall–Kier alpha value is -2.28. The third-order valence-electron chi connectivity index (χ3n) is 5.03. The molecule has 1 amide bonds.